The summed E-state index contributed by atoms with van der Waals surface area (Å²) >= 11 is 0. The second-order valence-electron chi connectivity index (χ2n) is 8.08. The summed E-state index contributed by atoms with van der Waals surface area (Å²) in [4.78, 5) is 20.9. The molecule has 2 heterocycles. The molecule has 0 aliphatic carbocycles. The highest BCUT2D eigenvalue weighted by molar-refractivity contribution is 5.94. The minimum Gasteiger partial charge on any atom is -0.394 e. The highest BCUT2D eigenvalue weighted by atomic mass is 16.5. The van der Waals surface area contributed by atoms with Crippen LogP contribution in [-0.4, -0.2) is 91.2 Å². The van der Waals surface area contributed by atoms with Crippen LogP contribution in [0.3, 0.4) is 0 Å². The van der Waals surface area contributed by atoms with E-state index in [1.165, 1.54) is 0 Å². The molecular formula is C23H32N4O4. The molecule has 1 aromatic heterocycles. The second kappa shape index (κ2) is 10.7. The van der Waals surface area contributed by atoms with E-state index in [9.17, 15) is 15.0 Å². The Hall–Kier alpha value is -2.52. The quantitative estimate of drug-likeness (QED) is 0.536. The molecule has 0 spiro atoms. The molecular weight excluding hydrogens is 396 g/mol. The summed E-state index contributed by atoms with van der Waals surface area (Å²) < 4.78 is 5.87. The zero-order valence-corrected chi connectivity index (χ0v) is 18.3. The number of nitrogens with one attached hydrogen (secondary N) is 1. The molecule has 1 aliphatic heterocycles. The first-order valence-electron chi connectivity index (χ1n) is 10.5. The number of aliphatic hydroxyl groups is 2. The normalized spacial score (nSPS) is 23.2. The van der Waals surface area contributed by atoms with Crippen LogP contribution < -0.4 is 10.2 Å². The van der Waals surface area contributed by atoms with E-state index in [1.54, 1.807) is 18.3 Å². The Balaban J connectivity index is 1.61. The van der Waals surface area contributed by atoms with Crippen molar-refractivity contribution in [3.8, 4) is 0 Å². The number of likely N-dealkylation sites (N-methyl/N-ethyl adjacent to an activating group) is 1. The average Bonchev–Trinajstić information content (AvgIpc) is 3.11. The van der Waals surface area contributed by atoms with Gasteiger partial charge in [0.05, 0.1) is 18.8 Å². The number of carbonyl (C=O) groups excluding carboxylic acids is 1. The first-order chi connectivity index (χ1) is 14.9. The van der Waals surface area contributed by atoms with Crippen molar-refractivity contribution < 1.29 is 19.7 Å². The van der Waals surface area contributed by atoms with Gasteiger partial charge in [0.25, 0.3) is 5.91 Å². The van der Waals surface area contributed by atoms with Crippen LogP contribution in [-0.2, 0) is 11.2 Å². The standard InChI is InChI=1S/C23H32N4O4/c1-26(2)18-9-7-16(8-10-18)23(30)25-14-19-21(22(29)20(15-28)31-19)27(3)13-11-17-6-4-5-12-24-17/h4-10,12,19-22,28-29H,11,13-15H2,1-3H3,(H,25,30)/t19-,20+,21+,22-/m1/s1. The Morgan fingerprint density at radius 3 is 2.48 bits per heavy atom. The van der Waals surface area contributed by atoms with E-state index in [-0.39, 0.29) is 25.1 Å². The molecule has 168 valence electrons. The number of hydrogen-bond donors (Lipinski definition) is 3. The third kappa shape index (κ3) is 5.80. The van der Waals surface area contributed by atoms with Gasteiger partial charge >= 0.3 is 0 Å². The molecule has 1 fully saturated rings. The van der Waals surface area contributed by atoms with Gasteiger partial charge in [-0.25, -0.2) is 0 Å². The number of ether oxygens (including phenoxy) is 1. The lowest BCUT2D eigenvalue weighted by atomic mass is 10.0. The van der Waals surface area contributed by atoms with Crippen molar-refractivity contribution in [1.82, 2.24) is 15.2 Å². The molecule has 8 nitrogen and oxygen atoms in total. The van der Waals surface area contributed by atoms with E-state index in [0.717, 1.165) is 17.8 Å². The summed E-state index contributed by atoms with van der Waals surface area (Å²) in [5.74, 6) is -0.203. The van der Waals surface area contributed by atoms with Gasteiger partial charge in [0.2, 0.25) is 0 Å². The van der Waals surface area contributed by atoms with E-state index in [4.69, 9.17) is 4.74 Å². The number of aromatic nitrogens is 1. The Morgan fingerprint density at radius 2 is 1.87 bits per heavy atom. The van der Waals surface area contributed by atoms with Crippen molar-refractivity contribution >= 4 is 11.6 Å². The van der Waals surface area contributed by atoms with Gasteiger partial charge in [-0.05, 0) is 43.4 Å². The molecule has 1 amide bonds. The van der Waals surface area contributed by atoms with E-state index >= 15 is 0 Å². The first-order valence-corrected chi connectivity index (χ1v) is 10.5. The SMILES string of the molecule is CN(C)c1ccc(C(=O)NC[C@H]2O[C@@H](CO)[C@@H](O)[C@H]2N(C)CCc2ccccn2)cc1. The lowest BCUT2D eigenvalue weighted by Crippen LogP contribution is -2.50. The lowest BCUT2D eigenvalue weighted by Gasteiger charge is -2.30. The van der Waals surface area contributed by atoms with Gasteiger partial charge in [0, 0.05) is 56.7 Å². The molecule has 1 aliphatic rings. The van der Waals surface area contributed by atoms with Crippen LogP contribution in [0.4, 0.5) is 5.69 Å². The van der Waals surface area contributed by atoms with Crippen LogP contribution in [0, 0.1) is 0 Å². The summed E-state index contributed by atoms with van der Waals surface area (Å²) in [6.45, 7) is 0.624. The average molecular weight is 429 g/mol. The number of amides is 1. The van der Waals surface area contributed by atoms with Crippen LogP contribution >= 0.6 is 0 Å². The van der Waals surface area contributed by atoms with E-state index in [1.807, 2.05) is 61.3 Å². The van der Waals surface area contributed by atoms with E-state index in [0.29, 0.717) is 12.1 Å². The van der Waals surface area contributed by atoms with Gasteiger partial charge in [-0.15, -0.1) is 0 Å². The fraction of sp³-hybridized carbons (Fsp3) is 0.478. The van der Waals surface area contributed by atoms with Gasteiger partial charge in [0.15, 0.2) is 0 Å². The van der Waals surface area contributed by atoms with Crippen LogP contribution in [0.2, 0.25) is 0 Å². The number of pyridine rings is 1. The second-order valence-corrected chi connectivity index (χ2v) is 8.08. The summed E-state index contributed by atoms with van der Waals surface area (Å²) in [5, 5.41) is 23.2. The van der Waals surface area contributed by atoms with Gasteiger partial charge < -0.3 is 25.2 Å². The Morgan fingerprint density at radius 1 is 1.13 bits per heavy atom. The fourth-order valence-electron chi connectivity index (χ4n) is 3.88. The molecule has 4 atom stereocenters. The van der Waals surface area contributed by atoms with E-state index in [2.05, 4.69) is 10.3 Å². The summed E-state index contributed by atoms with van der Waals surface area (Å²) in [5.41, 5.74) is 2.54. The van der Waals surface area contributed by atoms with Gasteiger partial charge in [0.1, 0.15) is 12.2 Å². The van der Waals surface area contributed by atoms with Gasteiger partial charge in [-0.1, -0.05) is 6.07 Å². The molecule has 0 bridgehead atoms. The topological polar surface area (TPSA) is 98.2 Å². The first kappa shape index (κ1) is 23.1. The maximum Gasteiger partial charge on any atom is 0.251 e. The number of hydrogen-bond acceptors (Lipinski definition) is 7. The van der Waals surface area contributed by atoms with Crippen molar-refractivity contribution in [3.63, 3.8) is 0 Å². The molecule has 31 heavy (non-hydrogen) atoms. The highest BCUT2D eigenvalue weighted by Gasteiger charge is 2.45. The number of benzene rings is 1. The third-order valence-electron chi connectivity index (χ3n) is 5.71. The van der Waals surface area contributed by atoms with Crippen LogP contribution in [0.25, 0.3) is 0 Å². The predicted octanol–water partition coefficient (Wildman–Crippen LogP) is 0.541. The van der Waals surface area contributed by atoms with Crippen LogP contribution in [0.1, 0.15) is 16.1 Å². The molecule has 0 radical (unpaired) electrons. The predicted molar refractivity (Wildman–Crippen MR) is 119 cm³/mol. The summed E-state index contributed by atoms with van der Waals surface area (Å²) in [7, 11) is 5.80. The molecule has 3 N–H and O–H groups in total. The molecule has 3 rings (SSSR count). The molecule has 2 aromatic rings. The number of rotatable bonds is 9. The van der Waals surface area contributed by atoms with Crippen molar-refractivity contribution in [2.45, 2.75) is 30.8 Å². The largest absolute Gasteiger partial charge is 0.394 e. The summed E-state index contributed by atoms with van der Waals surface area (Å²) in [6.07, 6.45) is 0.518. The molecule has 1 aromatic carbocycles. The maximum atomic E-state index is 12.6. The van der Waals surface area contributed by atoms with Crippen LogP contribution in [0.15, 0.2) is 48.7 Å². The monoisotopic (exact) mass is 428 g/mol. The molecule has 1 saturated heterocycles. The number of anilines is 1. The van der Waals surface area contributed by atoms with Crippen LogP contribution in [0.5, 0.6) is 0 Å². The Kier molecular flexibility index (Phi) is 7.97. The van der Waals surface area contributed by atoms with Crippen molar-refractivity contribution in [2.75, 3.05) is 45.7 Å². The highest BCUT2D eigenvalue weighted by Crippen LogP contribution is 2.25. The van der Waals surface area contributed by atoms with E-state index < -0.39 is 18.3 Å². The molecule has 0 saturated carbocycles. The van der Waals surface area contributed by atoms with Gasteiger partial charge in [-0.3, -0.25) is 14.7 Å². The summed E-state index contributed by atoms with van der Waals surface area (Å²) in [6, 6.07) is 12.8. The molecule has 8 heteroatoms. The fourth-order valence-corrected chi connectivity index (χ4v) is 3.88. The third-order valence-corrected chi connectivity index (χ3v) is 5.71. The Bertz CT molecular complexity index is 831. The number of nitrogens with zero attached hydrogens (tertiary/aromatic N) is 3. The maximum absolute atomic E-state index is 12.6. The Labute approximate surface area is 183 Å². The lowest BCUT2D eigenvalue weighted by molar-refractivity contribution is -0.0209. The number of carbonyl (C=O) groups is 1. The zero-order valence-electron chi connectivity index (χ0n) is 18.3. The van der Waals surface area contributed by atoms with Crippen molar-refractivity contribution in [1.29, 1.82) is 0 Å². The van der Waals surface area contributed by atoms with Crippen molar-refractivity contribution in [2.24, 2.45) is 0 Å². The van der Waals surface area contributed by atoms with Gasteiger partial charge in [-0.2, -0.15) is 0 Å². The minimum atomic E-state index is -0.847. The zero-order chi connectivity index (χ0) is 22.4. The molecule has 0 unspecified atom stereocenters. The van der Waals surface area contributed by atoms with Crippen molar-refractivity contribution in [3.05, 3.63) is 59.9 Å². The number of aliphatic hydroxyl groups excluding tert-OH is 2. The smallest absolute Gasteiger partial charge is 0.251 e. The minimum absolute atomic E-state index is 0.203.